The van der Waals surface area contributed by atoms with E-state index in [9.17, 15) is 4.79 Å². The van der Waals surface area contributed by atoms with Crippen LogP contribution in [0.3, 0.4) is 0 Å². The molecule has 0 amide bonds. The lowest BCUT2D eigenvalue weighted by atomic mass is 9.78. The Morgan fingerprint density at radius 3 is 2.04 bits per heavy atom. The van der Waals surface area contributed by atoms with E-state index in [1.165, 1.54) is 0 Å². The average molecular weight is 317 g/mol. The number of carbonyl (C=O) groups excluding carboxylic acids is 1. The minimum absolute atomic E-state index is 0.187. The van der Waals surface area contributed by atoms with E-state index in [-0.39, 0.29) is 24.1 Å². The molecule has 1 aliphatic rings. The van der Waals surface area contributed by atoms with Crippen LogP contribution in [0.25, 0.3) is 0 Å². The molecule has 1 saturated heterocycles. The smallest absolute Gasteiger partial charge is 0.399 e. The van der Waals surface area contributed by atoms with Gasteiger partial charge in [0, 0.05) is 12.0 Å². The van der Waals surface area contributed by atoms with Crippen molar-refractivity contribution in [3.05, 3.63) is 29.8 Å². The van der Waals surface area contributed by atoms with Crippen LogP contribution in [0.15, 0.2) is 24.3 Å². The second kappa shape index (κ2) is 6.75. The fraction of sp³-hybridized carbons (Fsp3) is 0.611. The highest BCUT2D eigenvalue weighted by Crippen LogP contribution is 2.36. The Labute approximate surface area is 140 Å². The van der Waals surface area contributed by atoms with Gasteiger partial charge in [0.05, 0.1) is 11.2 Å². The number of ketones is 1. The molecule has 5 heteroatoms. The summed E-state index contributed by atoms with van der Waals surface area (Å²) in [6, 6.07) is 7.61. The van der Waals surface area contributed by atoms with E-state index in [2.05, 4.69) is 4.90 Å². The molecule has 4 nitrogen and oxygen atoms in total. The van der Waals surface area contributed by atoms with E-state index in [4.69, 9.17) is 9.31 Å². The van der Waals surface area contributed by atoms with Crippen LogP contribution in [0.4, 0.5) is 0 Å². The zero-order valence-electron chi connectivity index (χ0n) is 15.2. The van der Waals surface area contributed by atoms with Gasteiger partial charge >= 0.3 is 7.12 Å². The third-order valence-electron chi connectivity index (χ3n) is 4.77. The van der Waals surface area contributed by atoms with Gasteiger partial charge in [-0.25, -0.2) is 0 Å². The number of hydrogen-bond donors (Lipinski definition) is 0. The Morgan fingerprint density at radius 2 is 1.57 bits per heavy atom. The van der Waals surface area contributed by atoms with Crippen molar-refractivity contribution in [2.45, 2.75) is 51.7 Å². The molecule has 1 aromatic carbocycles. The van der Waals surface area contributed by atoms with E-state index in [0.29, 0.717) is 6.42 Å². The van der Waals surface area contributed by atoms with Crippen LogP contribution in [-0.2, 0) is 9.31 Å². The summed E-state index contributed by atoms with van der Waals surface area (Å²) in [6.07, 6.45) is 1.46. The van der Waals surface area contributed by atoms with Crippen molar-refractivity contribution < 1.29 is 14.1 Å². The first-order valence-electron chi connectivity index (χ1n) is 8.26. The van der Waals surface area contributed by atoms with E-state index >= 15 is 0 Å². The third-order valence-corrected chi connectivity index (χ3v) is 4.77. The summed E-state index contributed by atoms with van der Waals surface area (Å²) in [5.41, 5.74) is 1.01. The predicted octanol–water partition coefficient (Wildman–Crippen LogP) is 2.51. The van der Waals surface area contributed by atoms with Crippen molar-refractivity contribution in [3.63, 3.8) is 0 Å². The standard InChI is InChI=1S/C18H28BNO3/c1-17(2)18(3,4)23-19(22-17)15-11-9-14(10-12-15)16(21)8-7-13-20(5)6/h9-12H,7-8,13H2,1-6H3. The summed E-state index contributed by atoms with van der Waals surface area (Å²) < 4.78 is 12.1. The van der Waals surface area contributed by atoms with Gasteiger partial charge in [0.2, 0.25) is 0 Å². The summed E-state index contributed by atoms with van der Waals surface area (Å²) >= 11 is 0. The molecule has 0 saturated carbocycles. The van der Waals surface area contributed by atoms with E-state index in [1.54, 1.807) is 0 Å². The van der Waals surface area contributed by atoms with E-state index in [1.807, 2.05) is 66.1 Å². The van der Waals surface area contributed by atoms with Gasteiger partial charge in [-0.05, 0) is 60.2 Å². The van der Waals surface area contributed by atoms with E-state index in [0.717, 1.165) is 24.0 Å². The highest BCUT2D eigenvalue weighted by atomic mass is 16.7. The van der Waals surface area contributed by atoms with Crippen molar-refractivity contribution in [2.24, 2.45) is 0 Å². The highest BCUT2D eigenvalue weighted by molar-refractivity contribution is 6.62. The van der Waals surface area contributed by atoms with Crippen LogP contribution in [0.1, 0.15) is 50.9 Å². The topological polar surface area (TPSA) is 38.8 Å². The van der Waals surface area contributed by atoms with Crippen molar-refractivity contribution in [3.8, 4) is 0 Å². The monoisotopic (exact) mass is 317 g/mol. The Bertz CT molecular complexity index is 536. The number of hydrogen-bond acceptors (Lipinski definition) is 4. The molecule has 0 N–H and O–H groups in total. The van der Waals surface area contributed by atoms with Gasteiger partial charge in [-0.3, -0.25) is 4.79 Å². The first-order valence-corrected chi connectivity index (χ1v) is 8.26. The Kier molecular flexibility index (Phi) is 5.34. The molecule has 0 unspecified atom stereocenters. The maximum Gasteiger partial charge on any atom is 0.494 e. The van der Waals surface area contributed by atoms with Gasteiger partial charge in [0.15, 0.2) is 5.78 Å². The van der Waals surface area contributed by atoms with E-state index < -0.39 is 0 Å². The molecule has 0 bridgehead atoms. The number of carbonyl (C=O) groups is 1. The first kappa shape index (κ1) is 18.2. The number of Topliss-reactive ketones (excluding diaryl/α,β-unsaturated/α-hetero) is 1. The zero-order chi connectivity index (χ0) is 17.3. The maximum absolute atomic E-state index is 12.2. The number of benzene rings is 1. The minimum atomic E-state index is -0.377. The molecule has 1 fully saturated rings. The molecule has 0 aliphatic carbocycles. The van der Waals surface area contributed by atoms with Crippen molar-refractivity contribution in [2.75, 3.05) is 20.6 Å². The maximum atomic E-state index is 12.2. The van der Waals surface area contributed by atoms with Crippen molar-refractivity contribution in [1.29, 1.82) is 0 Å². The second-order valence-electron chi connectivity index (χ2n) is 7.54. The summed E-state index contributed by atoms with van der Waals surface area (Å²) in [6.45, 7) is 9.08. The average Bonchev–Trinajstić information content (AvgIpc) is 2.67. The Balaban J connectivity index is 1.99. The third kappa shape index (κ3) is 4.22. The summed E-state index contributed by atoms with van der Waals surface area (Å²) in [5.74, 6) is 0.187. The van der Waals surface area contributed by atoms with Crippen molar-refractivity contribution >= 4 is 18.4 Å². The molecular formula is C18H28BNO3. The molecule has 0 atom stereocenters. The van der Waals surface area contributed by atoms with Gasteiger partial charge in [-0.1, -0.05) is 24.3 Å². The molecule has 0 spiro atoms. The van der Waals surface area contributed by atoms with Gasteiger partial charge < -0.3 is 14.2 Å². The SMILES string of the molecule is CN(C)CCCC(=O)c1ccc(B2OC(C)(C)C(C)(C)O2)cc1. The van der Waals surface area contributed by atoms with Crippen LogP contribution >= 0.6 is 0 Å². The molecule has 0 aromatic heterocycles. The molecule has 1 aromatic rings. The second-order valence-corrected chi connectivity index (χ2v) is 7.54. The number of rotatable bonds is 6. The number of nitrogens with zero attached hydrogens (tertiary/aromatic N) is 1. The van der Waals surface area contributed by atoms with Crippen LogP contribution in [0, 0.1) is 0 Å². The molecule has 1 heterocycles. The highest BCUT2D eigenvalue weighted by Gasteiger charge is 2.51. The Morgan fingerprint density at radius 1 is 1.04 bits per heavy atom. The zero-order valence-corrected chi connectivity index (χ0v) is 15.2. The fourth-order valence-electron chi connectivity index (χ4n) is 2.51. The van der Waals surface area contributed by atoms with Crippen molar-refractivity contribution in [1.82, 2.24) is 4.90 Å². The first-order chi connectivity index (χ1) is 10.6. The molecule has 1 aliphatic heterocycles. The largest absolute Gasteiger partial charge is 0.494 e. The lowest BCUT2D eigenvalue weighted by molar-refractivity contribution is 0.00578. The van der Waals surface area contributed by atoms with Crippen LogP contribution in [-0.4, -0.2) is 49.6 Å². The summed E-state index contributed by atoms with van der Waals surface area (Å²) in [7, 11) is 3.66. The summed E-state index contributed by atoms with van der Waals surface area (Å²) in [5, 5.41) is 0. The van der Waals surface area contributed by atoms with Gasteiger partial charge in [-0.2, -0.15) is 0 Å². The van der Waals surface area contributed by atoms with Gasteiger partial charge in [-0.15, -0.1) is 0 Å². The predicted molar refractivity (Wildman–Crippen MR) is 94.3 cm³/mol. The molecule has 23 heavy (non-hydrogen) atoms. The quantitative estimate of drug-likeness (QED) is 0.597. The summed E-state index contributed by atoms with van der Waals surface area (Å²) in [4.78, 5) is 14.3. The van der Waals surface area contributed by atoms with Crippen LogP contribution in [0.5, 0.6) is 0 Å². The fourth-order valence-corrected chi connectivity index (χ4v) is 2.51. The minimum Gasteiger partial charge on any atom is -0.399 e. The van der Waals surface area contributed by atoms with Gasteiger partial charge in [0.25, 0.3) is 0 Å². The molecule has 126 valence electrons. The molecule has 0 radical (unpaired) electrons. The molecule has 2 rings (SSSR count). The lowest BCUT2D eigenvalue weighted by Gasteiger charge is -2.32. The van der Waals surface area contributed by atoms with Gasteiger partial charge in [0.1, 0.15) is 0 Å². The molecular weight excluding hydrogens is 289 g/mol. The lowest BCUT2D eigenvalue weighted by Crippen LogP contribution is -2.41. The van der Waals surface area contributed by atoms with Crippen LogP contribution < -0.4 is 5.46 Å². The Hall–Kier alpha value is -1.17. The normalized spacial score (nSPS) is 19.3. The van der Waals surface area contributed by atoms with Crippen LogP contribution in [0.2, 0.25) is 0 Å².